The summed E-state index contributed by atoms with van der Waals surface area (Å²) in [6, 6.07) is 7.84. The molecule has 0 N–H and O–H groups in total. The fourth-order valence-electron chi connectivity index (χ4n) is 1.40. The molecule has 0 aliphatic heterocycles. The number of rotatable bonds is 6. The first-order valence-electron chi connectivity index (χ1n) is 5.57. The summed E-state index contributed by atoms with van der Waals surface area (Å²) in [4.78, 5) is 0. The van der Waals surface area contributed by atoms with Gasteiger partial charge in [-0.1, -0.05) is 59.6 Å². The Bertz CT molecular complexity index is 315. The molecule has 1 atom stereocenters. The summed E-state index contributed by atoms with van der Waals surface area (Å²) in [5, 5.41) is 1.55. The molecule has 0 amide bonds. The van der Waals surface area contributed by atoms with Crippen molar-refractivity contribution >= 4 is 27.5 Å². The highest BCUT2D eigenvalue weighted by atomic mass is 79.9. The van der Waals surface area contributed by atoms with E-state index < -0.39 is 0 Å². The number of hydrogen-bond donors (Lipinski definition) is 0. The van der Waals surface area contributed by atoms with E-state index in [1.807, 2.05) is 24.3 Å². The zero-order valence-corrected chi connectivity index (χ0v) is 12.1. The second-order valence-corrected chi connectivity index (χ2v) is 5.27. The fraction of sp³-hybridized carbons (Fsp3) is 0.538. The highest BCUT2D eigenvalue weighted by molar-refractivity contribution is 9.09. The summed E-state index contributed by atoms with van der Waals surface area (Å²) in [5.41, 5.74) is 1.06. The number of benzene rings is 1. The third kappa shape index (κ3) is 4.44. The van der Waals surface area contributed by atoms with Crippen molar-refractivity contribution in [3.63, 3.8) is 0 Å². The van der Waals surface area contributed by atoms with Crippen molar-refractivity contribution in [3.8, 4) is 0 Å². The summed E-state index contributed by atoms with van der Waals surface area (Å²) in [5.74, 6) is 0.669. The van der Waals surface area contributed by atoms with Gasteiger partial charge in [0.25, 0.3) is 0 Å². The number of alkyl halides is 1. The molecule has 3 heteroatoms. The van der Waals surface area contributed by atoms with Crippen molar-refractivity contribution in [1.29, 1.82) is 0 Å². The van der Waals surface area contributed by atoms with Crippen LogP contribution in [0.15, 0.2) is 24.3 Å². The van der Waals surface area contributed by atoms with Crippen LogP contribution in [-0.4, -0.2) is 11.9 Å². The monoisotopic (exact) mass is 304 g/mol. The summed E-state index contributed by atoms with van der Waals surface area (Å²) in [6.07, 6.45) is 1.13. The Kier molecular flexibility index (Phi) is 6.40. The van der Waals surface area contributed by atoms with E-state index >= 15 is 0 Å². The minimum absolute atomic E-state index is 0.0486. The zero-order chi connectivity index (χ0) is 12.0. The minimum atomic E-state index is 0.0486. The smallest absolute Gasteiger partial charge is 0.0935 e. The first-order valence-corrected chi connectivity index (χ1v) is 7.07. The summed E-state index contributed by atoms with van der Waals surface area (Å²) >= 11 is 9.61. The lowest BCUT2D eigenvalue weighted by atomic mass is 10.1. The second kappa shape index (κ2) is 7.31. The van der Waals surface area contributed by atoms with Gasteiger partial charge in [0.15, 0.2) is 0 Å². The number of hydrogen-bond acceptors (Lipinski definition) is 1. The van der Waals surface area contributed by atoms with Crippen LogP contribution in [0, 0.1) is 5.92 Å². The van der Waals surface area contributed by atoms with E-state index in [2.05, 4.69) is 29.8 Å². The quantitative estimate of drug-likeness (QED) is 0.683. The van der Waals surface area contributed by atoms with Gasteiger partial charge < -0.3 is 4.74 Å². The predicted molar refractivity (Wildman–Crippen MR) is 73.4 cm³/mol. The van der Waals surface area contributed by atoms with Crippen LogP contribution in [0.2, 0.25) is 5.02 Å². The Morgan fingerprint density at radius 2 is 2.00 bits per heavy atom. The zero-order valence-electron chi connectivity index (χ0n) is 9.75. The molecular weight excluding hydrogens is 287 g/mol. The Balaban J connectivity index is 2.57. The van der Waals surface area contributed by atoms with Gasteiger partial charge in [-0.3, -0.25) is 0 Å². The normalized spacial score (nSPS) is 13.1. The molecule has 1 aromatic rings. The molecule has 0 aromatic heterocycles. The molecule has 0 heterocycles. The van der Waals surface area contributed by atoms with Gasteiger partial charge in [-0.25, -0.2) is 0 Å². The van der Waals surface area contributed by atoms with E-state index in [1.54, 1.807) is 0 Å². The first kappa shape index (κ1) is 14.0. The highest BCUT2D eigenvalue weighted by Crippen LogP contribution is 2.27. The maximum absolute atomic E-state index is 6.14. The summed E-state index contributed by atoms with van der Waals surface area (Å²) in [7, 11) is 0. The number of ether oxygens (including phenoxy) is 1. The molecule has 0 saturated heterocycles. The third-order valence-electron chi connectivity index (χ3n) is 2.41. The molecule has 0 radical (unpaired) electrons. The van der Waals surface area contributed by atoms with Crippen LogP contribution in [0.1, 0.15) is 31.9 Å². The van der Waals surface area contributed by atoms with Crippen molar-refractivity contribution in [2.75, 3.05) is 11.9 Å². The van der Waals surface area contributed by atoms with Crippen molar-refractivity contribution in [1.82, 2.24) is 0 Å². The lowest BCUT2D eigenvalue weighted by Crippen LogP contribution is -2.09. The minimum Gasteiger partial charge on any atom is -0.373 e. The Morgan fingerprint density at radius 1 is 1.31 bits per heavy atom. The molecule has 0 bridgehead atoms. The van der Waals surface area contributed by atoms with Crippen LogP contribution in [0.4, 0.5) is 0 Å². The van der Waals surface area contributed by atoms with E-state index in [4.69, 9.17) is 16.3 Å². The van der Waals surface area contributed by atoms with Gasteiger partial charge in [0.2, 0.25) is 0 Å². The number of halogens is 2. The van der Waals surface area contributed by atoms with E-state index in [0.717, 1.165) is 28.9 Å². The lowest BCUT2D eigenvalue weighted by Gasteiger charge is -2.17. The van der Waals surface area contributed by atoms with Crippen molar-refractivity contribution in [3.05, 3.63) is 34.9 Å². The van der Waals surface area contributed by atoms with Gasteiger partial charge in [0, 0.05) is 22.5 Å². The van der Waals surface area contributed by atoms with Gasteiger partial charge in [-0.2, -0.15) is 0 Å². The Labute approximate surface area is 111 Å². The van der Waals surface area contributed by atoms with E-state index in [9.17, 15) is 0 Å². The van der Waals surface area contributed by atoms with E-state index in [-0.39, 0.29) is 6.10 Å². The molecule has 16 heavy (non-hydrogen) atoms. The topological polar surface area (TPSA) is 9.23 Å². The van der Waals surface area contributed by atoms with Crippen molar-refractivity contribution < 1.29 is 4.74 Å². The first-order chi connectivity index (χ1) is 7.65. The molecule has 0 spiro atoms. The molecule has 1 unspecified atom stereocenters. The molecule has 0 aliphatic rings. The average Bonchev–Trinajstić information content (AvgIpc) is 2.25. The predicted octanol–water partition coefficient (Wildman–Crippen LogP) is 4.84. The molecule has 1 aromatic carbocycles. The van der Waals surface area contributed by atoms with Crippen LogP contribution in [-0.2, 0) is 4.74 Å². The van der Waals surface area contributed by atoms with Crippen LogP contribution >= 0.6 is 27.5 Å². The molecule has 1 nitrogen and oxygen atoms in total. The Hall–Kier alpha value is -0.0500. The van der Waals surface area contributed by atoms with Gasteiger partial charge in [0.05, 0.1) is 6.10 Å². The SMILES string of the molecule is CC(C)CCOC(CBr)c1ccccc1Cl. The summed E-state index contributed by atoms with van der Waals surface area (Å²) in [6.45, 7) is 5.17. The van der Waals surface area contributed by atoms with Crippen LogP contribution in [0.3, 0.4) is 0 Å². The maximum atomic E-state index is 6.14. The highest BCUT2D eigenvalue weighted by Gasteiger charge is 2.13. The molecule has 0 saturated carbocycles. The van der Waals surface area contributed by atoms with E-state index in [1.165, 1.54) is 0 Å². The largest absolute Gasteiger partial charge is 0.373 e. The maximum Gasteiger partial charge on any atom is 0.0935 e. The molecule has 1 rings (SSSR count). The fourth-order valence-corrected chi connectivity index (χ4v) is 2.19. The van der Waals surface area contributed by atoms with Gasteiger partial charge in [-0.05, 0) is 18.4 Å². The molecular formula is C13H18BrClO. The van der Waals surface area contributed by atoms with Gasteiger partial charge in [-0.15, -0.1) is 0 Å². The Morgan fingerprint density at radius 3 is 2.56 bits per heavy atom. The third-order valence-corrected chi connectivity index (χ3v) is 3.34. The molecule has 0 aliphatic carbocycles. The van der Waals surface area contributed by atoms with Gasteiger partial charge in [0.1, 0.15) is 0 Å². The van der Waals surface area contributed by atoms with Crippen LogP contribution in [0.5, 0.6) is 0 Å². The standard InChI is InChI=1S/C13H18BrClO/c1-10(2)7-8-16-13(9-14)11-5-3-4-6-12(11)15/h3-6,10,13H,7-9H2,1-2H3. The van der Waals surface area contributed by atoms with Crippen molar-refractivity contribution in [2.24, 2.45) is 5.92 Å². The summed E-state index contributed by atoms with van der Waals surface area (Å²) < 4.78 is 5.84. The average molecular weight is 306 g/mol. The lowest BCUT2D eigenvalue weighted by molar-refractivity contribution is 0.0623. The van der Waals surface area contributed by atoms with Crippen LogP contribution in [0.25, 0.3) is 0 Å². The van der Waals surface area contributed by atoms with Crippen molar-refractivity contribution in [2.45, 2.75) is 26.4 Å². The van der Waals surface area contributed by atoms with E-state index in [0.29, 0.717) is 5.92 Å². The van der Waals surface area contributed by atoms with Crippen LogP contribution < -0.4 is 0 Å². The molecule has 0 fully saturated rings. The molecule has 90 valence electrons. The second-order valence-electron chi connectivity index (χ2n) is 4.22. The van der Waals surface area contributed by atoms with Gasteiger partial charge >= 0.3 is 0 Å².